The van der Waals surface area contributed by atoms with Crippen LogP contribution in [0.25, 0.3) is 0 Å². The average molecular weight is 377 g/mol. The molecule has 7 nitrogen and oxygen atoms in total. The van der Waals surface area contributed by atoms with Crippen molar-refractivity contribution in [1.82, 2.24) is 10.7 Å². The van der Waals surface area contributed by atoms with Gasteiger partial charge in [0.1, 0.15) is 11.5 Å². The lowest BCUT2D eigenvalue weighted by molar-refractivity contribution is -0.126. The molecule has 150 valence electrons. The smallest absolute Gasteiger partial charge is 0.259 e. The number of hydrogen-bond donors (Lipinski definition) is 3. The zero-order chi connectivity index (χ0) is 19.9. The van der Waals surface area contributed by atoms with E-state index in [9.17, 15) is 14.7 Å². The largest absolute Gasteiger partial charge is 0.507 e. The molecule has 0 saturated carbocycles. The topological polar surface area (TPSA) is 100 Å². The molecule has 7 heteroatoms. The monoisotopic (exact) mass is 377 g/mol. The van der Waals surface area contributed by atoms with E-state index in [1.54, 1.807) is 12.1 Å². The van der Waals surface area contributed by atoms with Gasteiger partial charge in [-0.1, -0.05) is 45.4 Å². The van der Waals surface area contributed by atoms with Gasteiger partial charge in [-0.2, -0.15) is 5.10 Å². The van der Waals surface area contributed by atoms with Gasteiger partial charge in [0.05, 0.1) is 19.9 Å². The van der Waals surface area contributed by atoms with E-state index in [2.05, 4.69) is 22.8 Å². The number of hydrazone groups is 1. The summed E-state index contributed by atoms with van der Waals surface area (Å²) in [6.45, 7) is 2.06. The number of carbonyl (C=O) groups is 2. The van der Waals surface area contributed by atoms with Crippen LogP contribution in [0.3, 0.4) is 0 Å². The Labute approximate surface area is 161 Å². The van der Waals surface area contributed by atoms with Crippen LogP contribution in [0.2, 0.25) is 0 Å². The molecule has 1 rings (SSSR count). The maximum Gasteiger partial charge on any atom is 0.259 e. The normalized spacial score (nSPS) is 10.7. The number of methoxy groups -OCH3 is 1. The molecule has 0 aromatic heterocycles. The lowest BCUT2D eigenvalue weighted by Crippen LogP contribution is -2.34. The predicted octanol–water partition coefficient (Wildman–Crippen LogP) is 3.11. The van der Waals surface area contributed by atoms with Gasteiger partial charge in [0, 0.05) is 12.0 Å². The maximum absolute atomic E-state index is 11.7. The summed E-state index contributed by atoms with van der Waals surface area (Å²) in [5.41, 5.74) is 2.73. The first kappa shape index (κ1) is 22.5. The second-order valence-corrected chi connectivity index (χ2v) is 6.37. The van der Waals surface area contributed by atoms with Crippen LogP contribution in [0.4, 0.5) is 0 Å². The highest BCUT2D eigenvalue weighted by Gasteiger charge is 2.05. The van der Waals surface area contributed by atoms with Gasteiger partial charge in [-0.3, -0.25) is 9.59 Å². The molecule has 0 unspecified atom stereocenters. The van der Waals surface area contributed by atoms with Crippen molar-refractivity contribution in [3.05, 3.63) is 23.8 Å². The molecule has 0 aliphatic rings. The third-order valence-electron chi connectivity index (χ3n) is 4.08. The molecule has 0 aliphatic heterocycles. The van der Waals surface area contributed by atoms with Gasteiger partial charge in [0.15, 0.2) is 0 Å². The van der Waals surface area contributed by atoms with Crippen LogP contribution in [-0.4, -0.2) is 36.8 Å². The molecule has 1 aromatic carbocycles. The highest BCUT2D eigenvalue weighted by atomic mass is 16.5. The first-order valence-electron chi connectivity index (χ1n) is 9.52. The zero-order valence-electron chi connectivity index (χ0n) is 16.3. The first-order valence-corrected chi connectivity index (χ1v) is 9.52. The van der Waals surface area contributed by atoms with Crippen molar-refractivity contribution in [1.29, 1.82) is 0 Å². The minimum absolute atomic E-state index is 0.0248. The molecule has 2 amide bonds. The number of hydrogen-bond acceptors (Lipinski definition) is 5. The van der Waals surface area contributed by atoms with E-state index in [1.165, 1.54) is 45.1 Å². The van der Waals surface area contributed by atoms with Crippen molar-refractivity contribution in [3.63, 3.8) is 0 Å². The van der Waals surface area contributed by atoms with E-state index in [4.69, 9.17) is 4.74 Å². The average Bonchev–Trinajstić information content (AvgIpc) is 2.67. The number of phenols is 1. The summed E-state index contributed by atoms with van der Waals surface area (Å²) < 4.78 is 5.06. The predicted molar refractivity (Wildman–Crippen MR) is 106 cm³/mol. The van der Waals surface area contributed by atoms with Crippen LogP contribution in [0.5, 0.6) is 11.5 Å². The number of aromatic hydroxyl groups is 1. The Balaban J connectivity index is 2.18. The summed E-state index contributed by atoms with van der Waals surface area (Å²) in [5, 5.41) is 16.1. The molecule has 0 atom stereocenters. The van der Waals surface area contributed by atoms with E-state index in [0.29, 0.717) is 17.7 Å². The highest BCUT2D eigenvalue weighted by Crippen LogP contribution is 2.20. The summed E-state index contributed by atoms with van der Waals surface area (Å²) in [4.78, 5) is 23.4. The van der Waals surface area contributed by atoms with Gasteiger partial charge < -0.3 is 15.2 Å². The summed E-state index contributed by atoms with van der Waals surface area (Å²) in [6.07, 6.45) is 9.77. The number of rotatable bonds is 13. The number of carbonyl (C=O) groups excluding carboxylic acids is 2. The van der Waals surface area contributed by atoms with Crippen molar-refractivity contribution < 1.29 is 19.4 Å². The van der Waals surface area contributed by atoms with Crippen LogP contribution in [0, 0.1) is 0 Å². The standard InChI is InChI=1S/C20H31N3O4/c1-3-4-5-6-7-8-9-10-19(25)21-15-20(26)23-22-14-16-13-17(27-2)11-12-18(16)24/h11-14,24H,3-10,15H2,1-2H3,(H,21,25)(H,23,26)/b22-14-. The van der Waals surface area contributed by atoms with E-state index >= 15 is 0 Å². The van der Waals surface area contributed by atoms with Crippen LogP contribution in [-0.2, 0) is 9.59 Å². The Hall–Kier alpha value is -2.57. The molecule has 1 aromatic rings. The fraction of sp³-hybridized carbons (Fsp3) is 0.550. The number of unbranched alkanes of at least 4 members (excludes halogenated alkanes) is 6. The lowest BCUT2D eigenvalue weighted by Gasteiger charge is -2.05. The van der Waals surface area contributed by atoms with Crippen molar-refractivity contribution in [2.24, 2.45) is 5.10 Å². The van der Waals surface area contributed by atoms with Gasteiger partial charge in [-0.05, 0) is 24.6 Å². The molecule has 27 heavy (non-hydrogen) atoms. The number of amides is 2. The van der Waals surface area contributed by atoms with Crippen LogP contribution >= 0.6 is 0 Å². The third-order valence-corrected chi connectivity index (χ3v) is 4.08. The van der Waals surface area contributed by atoms with Crippen LogP contribution in [0.15, 0.2) is 23.3 Å². The second kappa shape index (κ2) is 13.6. The van der Waals surface area contributed by atoms with E-state index in [-0.39, 0.29) is 18.2 Å². The second-order valence-electron chi connectivity index (χ2n) is 6.37. The van der Waals surface area contributed by atoms with Crippen molar-refractivity contribution in [2.75, 3.05) is 13.7 Å². The Morgan fingerprint density at radius 3 is 2.52 bits per heavy atom. The molecule has 0 fully saturated rings. The van der Waals surface area contributed by atoms with Crippen LogP contribution < -0.4 is 15.5 Å². The van der Waals surface area contributed by atoms with Gasteiger partial charge in [0.2, 0.25) is 5.91 Å². The summed E-state index contributed by atoms with van der Waals surface area (Å²) in [5.74, 6) is 0.0321. The van der Waals surface area contributed by atoms with Gasteiger partial charge in [-0.15, -0.1) is 0 Å². The van der Waals surface area contributed by atoms with Gasteiger partial charge in [-0.25, -0.2) is 5.43 Å². The SMILES string of the molecule is CCCCCCCCCC(=O)NCC(=O)N/N=C\c1cc(OC)ccc1O. The van der Waals surface area contributed by atoms with Crippen molar-refractivity contribution in [3.8, 4) is 11.5 Å². The Bertz CT molecular complexity index is 617. The molecule has 0 bridgehead atoms. The fourth-order valence-corrected chi connectivity index (χ4v) is 2.49. The molecule has 0 saturated heterocycles. The van der Waals surface area contributed by atoms with Gasteiger partial charge in [0.25, 0.3) is 5.91 Å². The molecular formula is C20H31N3O4. The lowest BCUT2D eigenvalue weighted by atomic mass is 10.1. The first-order chi connectivity index (χ1) is 13.1. The number of nitrogens with zero attached hydrogens (tertiary/aromatic N) is 1. The number of phenolic OH excluding ortho intramolecular Hbond substituents is 1. The molecule has 0 heterocycles. The third kappa shape index (κ3) is 10.2. The Kier molecular flexibility index (Phi) is 11.3. The van der Waals surface area contributed by atoms with E-state index < -0.39 is 5.91 Å². The molecule has 3 N–H and O–H groups in total. The molecule has 0 spiro atoms. The minimum Gasteiger partial charge on any atom is -0.507 e. The summed E-state index contributed by atoms with van der Waals surface area (Å²) >= 11 is 0. The number of ether oxygens (including phenoxy) is 1. The van der Waals surface area contributed by atoms with Gasteiger partial charge >= 0.3 is 0 Å². The molecule has 0 radical (unpaired) electrons. The Morgan fingerprint density at radius 2 is 1.81 bits per heavy atom. The minimum atomic E-state index is -0.429. The van der Waals surface area contributed by atoms with E-state index in [1.807, 2.05) is 0 Å². The number of nitrogens with one attached hydrogen (secondary N) is 2. The van der Waals surface area contributed by atoms with Crippen molar-refractivity contribution >= 4 is 18.0 Å². The zero-order valence-corrected chi connectivity index (χ0v) is 16.3. The summed E-state index contributed by atoms with van der Waals surface area (Å²) in [6, 6.07) is 4.69. The molecular weight excluding hydrogens is 346 g/mol. The highest BCUT2D eigenvalue weighted by molar-refractivity contribution is 5.87. The quantitative estimate of drug-likeness (QED) is 0.279. The summed E-state index contributed by atoms with van der Waals surface area (Å²) in [7, 11) is 1.52. The van der Waals surface area contributed by atoms with E-state index in [0.717, 1.165) is 19.3 Å². The van der Waals surface area contributed by atoms with Crippen molar-refractivity contribution in [2.45, 2.75) is 58.3 Å². The Morgan fingerprint density at radius 1 is 1.11 bits per heavy atom. The van der Waals surface area contributed by atoms with Crippen LogP contribution in [0.1, 0.15) is 63.9 Å². The maximum atomic E-state index is 11.7. The number of benzene rings is 1. The fourth-order valence-electron chi connectivity index (χ4n) is 2.49. The molecule has 0 aliphatic carbocycles.